The fraction of sp³-hybridized carbons (Fsp3) is 0.360. The zero-order chi connectivity index (χ0) is 23.2. The number of anilines is 1. The number of aryl methyl sites for hydroxylation is 1. The molecule has 8 heteroatoms. The number of imide groups is 1. The average Bonchev–Trinajstić information content (AvgIpc) is 3.52. The lowest BCUT2D eigenvalue weighted by atomic mass is 9.92. The van der Waals surface area contributed by atoms with Gasteiger partial charge in [-0.25, -0.2) is 4.79 Å². The molecule has 1 spiro atoms. The molecule has 170 valence electrons. The van der Waals surface area contributed by atoms with Gasteiger partial charge in [0.15, 0.2) is 0 Å². The van der Waals surface area contributed by atoms with E-state index >= 15 is 0 Å². The van der Waals surface area contributed by atoms with Gasteiger partial charge in [-0.1, -0.05) is 30.3 Å². The van der Waals surface area contributed by atoms with E-state index in [-0.39, 0.29) is 5.91 Å². The Morgan fingerprint density at radius 1 is 1.06 bits per heavy atom. The van der Waals surface area contributed by atoms with E-state index in [1.165, 1.54) is 0 Å². The average molecular weight is 447 g/mol. The number of carbonyl (C=O) groups excluding carboxylic acids is 4. The first-order valence-corrected chi connectivity index (χ1v) is 11.3. The van der Waals surface area contributed by atoms with E-state index in [9.17, 15) is 19.2 Å². The molecule has 2 heterocycles. The first kappa shape index (κ1) is 21.2. The van der Waals surface area contributed by atoms with Crippen molar-refractivity contribution in [2.75, 3.05) is 25.0 Å². The molecular weight excluding hydrogens is 420 g/mol. The highest BCUT2D eigenvalue weighted by molar-refractivity contribution is 6.11. The van der Waals surface area contributed by atoms with E-state index in [0.29, 0.717) is 29.7 Å². The molecule has 2 fully saturated rings. The summed E-state index contributed by atoms with van der Waals surface area (Å²) >= 11 is 0. The van der Waals surface area contributed by atoms with Crippen molar-refractivity contribution >= 4 is 29.4 Å². The number of hydrogen-bond acceptors (Lipinski definition) is 4. The lowest BCUT2D eigenvalue weighted by Gasteiger charge is -2.22. The first-order valence-electron chi connectivity index (χ1n) is 11.3. The van der Waals surface area contributed by atoms with Gasteiger partial charge in [0.2, 0.25) is 5.91 Å². The predicted octanol–water partition coefficient (Wildman–Crippen LogP) is 2.56. The third kappa shape index (κ3) is 3.46. The van der Waals surface area contributed by atoms with E-state index in [4.69, 9.17) is 0 Å². The fourth-order valence-electron chi connectivity index (χ4n) is 5.16. The Morgan fingerprint density at radius 2 is 1.82 bits per heavy atom. The van der Waals surface area contributed by atoms with Crippen LogP contribution in [0.5, 0.6) is 0 Å². The highest BCUT2D eigenvalue weighted by Gasteiger charge is 2.55. The van der Waals surface area contributed by atoms with E-state index in [0.717, 1.165) is 42.0 Å². The topological polar surface area (TPSA) is 98.8 Å². The predicted molar refractivity (Wildman–Crippen MR) is 122 cm³/mol. The van der Waals surface area contributed by atoms with Crippen LogP contribution in [0.4, 0.5) is 10.5 Å². The maximum absolute atomic E-state index is 13.3. The quantitative estimate of drug-likeness (QED) is 0.705. The Hall–Kier alpha value is -3.68. The fourth-order valence-corrected chi connectivity index (χ4v) is 5.16. The summed E-state index contributed by atoms with van der Waals surface area (Å²) in [5.41, 5.74) is 2.46. The zero-order valence-corrected chi connectivity index (χ0v) is 18.5. The summed E-state index contributed by atoms with van der Waals surface area (Å²) in [5, 5.41) is 5.61. The van der Waals surface area contributed by atoms with Gasteiger partial charge in [0.25, 0.3) is 11.8 Å². The summed E-state index contributed by atoms with van der Waals surface area (Å²) in [6, 6.07) is 12.2. The van der Waals surface area contributed by atoms with Crippen molar-refractivity contribution in [2.24, 2.45) is 0 Å². The minimum Gasteiger partial charge on any atom is -0.339 e. The number of nitrogens with zero attached hydrogens (tertiary/aromatic N) is 2. The van der Waals surface area contributed by atoms with Gasteiger partial charge in [-0.15, -0.1) is 0 Å². The third-order valence-corrected chi connectivity index (χ3v) is 6.96. The molecule has 8 nitrogen and oxygen atoms in total. The van der Waals surface area contributed by atoms with Gasteiger partial charge in [0, 0.05) is 24.3 Å². The van der Waals surface area contributed by atoms with E-state index in [1.807, 2.05) is 29.2 Å². The van der Waals surface area contributed by atoms with Crippen LogP contribution >= 0.6 is 0 Å². The second kappa shape index (κ2) is 8.03. The summed E-state index contributed by atoms with van der Waals surface area (Å²) in [4.78, 5) is 54.4. The normalized spacial score (nSPS) is 21.5. The van der Waals surface area contributed by atoms with E-state index in [2.05, 4.69) is 10.6 Å². The summed E-state index contributed by atoms with van der Waals surface area (Å²) in [6.45, 7) is 2.88. The molecule has 2 aromatic carbocycles. The number of rotatable bonds is 4. The van der Waals surface area contributed by atoms with Gasteiger partial charge < -0.3 is 15.5 Å². The highest BCUT2D eigenvalue weighted by Crippen LogP contribution is 2.41. The molecule has 0 radical (unpaired) electrons. The molecule has 2 aliphatic heterocycles. The van der Waals surface area contributed by atoms with E-state index in [1.54, 1.807) is 25.1 Å². The molecule has 5 amide bonds. The van der Waals surface area contributed by atoms with Crippen LogP contribution in [-0.2, 0) is 21.5 Å². The molecule has 2 aromatic rings. The number of fused-ring (bicyclic) bond motifs is 2. The van der Waals surface area contributed by atoms with Crippen LogP contribution in [-0.4, -0.2) is 53.2 Å². The Bertz CT molecular complexity index is 1170. The first-order chi connectivity index (χ1) is 15.9. The molecule has 0 saturated carbocycles. The third-order valence-electron chi connectivity index (χ3n) is 6.96. The maximum atomic E-state index is 13.3. The number of carbonyl (C=O) groups is 4. The molecule has 0 bridgehead atoms. The summed E-state index contributed by atoms with van der Waals surface area (Å²) in [6.07, 6.45) is 3.17. The Morgan fingerprint density at radius 3 is 2.61 bits per heavy atom. The van der Waals surface area contributed by atoms with Gasteiger partial charge in [0.1, 0.15) is 12.1 Å². The van der Waals surface area contributed by atoms with Crippen molar-refractivity contribution in [1.29, 1.82) is 0 Å². The van der Waals surface area contributed by atoms with Crippen LogP contribution in [0.1, 0.15) is 46.3 Å². The van der Waals surface area contributed by atoms with Gasteiger partial charge >= 0.3 is 6.03 Å². The van der Waals surface area contributed by atoms with Crippen molar-refractivity contribution in [3.05, 3.63) is 64.7 Å². The largest absolute Gasteiger partial charge is 0.339 e. The molecule has 1 atom stereocenters. The van der Waals surface area contributed by atoms with Crippen molar-refractivity contribution in [3.8, 4) is 0 Å². The van der Waals surface area contributed by atoms with Crippen LogP contribution in [0.25, 0.3) is 0 Å². The minimum atomic E-state index is -1.09. The SMILES string of the molecule is Cc1c(NC(=O)CN2C(=O)NC3(CCc4ccccc43)C2=O)cccc1C(=O)N1CCCC1. The Kier molecular flexibility index (Phi) is 5.15. The lowest BCUT2D eigenvalue weighted by molar-refractivity contribution is -0.134. The van der Waals surface area contributed by atoms with Gasteiger partial charge in [0.05, 0.1) is 0 Å². The Labute approximate surface area is 191 Å². The number of likely N-dealkylation sites (tertiary alicyclic amines) is 1. The van der Waals surface area contributed by atoms with Gasteiger partial charge in [-0.3, -0.25) is 19.3 Å². The van der Waals surface area contributed by atoms with Crippen LogP contribution in [0.2, 0.25) is 0 Å². The van der Waals surface area contributed by atoms with Gasteiger partial charge in [-0.2, -0.15) is 0 Å². The summed E-state index contributed by atoms with van der Waals surface area (Å²) < 4.78 is 0. The van der Waals surface area contributed by atoms with Crippen LogP contribution in [0, 0.1) is 6.92 Å². The maximum Gasteiger partial charge on any atom is 0.325 e. The van der Waals surface area contributed by atoms with Crippen molar-refractivity contribution in [2.45, 2.75) is 38.1 Å². The molecule has 0 aromatic heterocycles. The Balaban J connectivity index is 1.31. The molecule has 2 saturated heterocycles. The molecule has 5 rings (SSSR count). The second-order valence-corrected chi connectivity index (χ2v) is 8.91. The number of nitrogens with one attached hydrogen (secondary N) is 2. The summed E-state index contributed by atoms with van der Waals surface area (Å²) in [7, 11) is 0. The minimum absolute atomic E-state index is 0.0444. The molecule has 33 heavy (non-hydrogen) atoms. The van der Waals surface area contributed by atoms with Crippen molar-refractivity contribution in [3.63, 3.8) is 0 Å². The highest BCUT2D eigenvalue weighted by atomic mass is 16.2. The van der Waals surface area contributed by atoms with Crippen molar-refractivity contribution in [1.82, 2.24) is 15.1 Å². The monoisotopic (exact) mass is 446 g/mol. The van der Waals surface area contributed by atoms with Crippen LogP contribution in [0.3, 0.4) is 0 Å². The smallest absolute Gasteiger partial charge is 0.325 e. The molecular formula is C25H26N4O4. The van der Waals surface area contributed by atoms with Crippen molar-refractivity contribution < 1.29 is 19.2 Å². The second-order valence-electron chi connectivity index (χ2n) is 8.91. The number of hydrogen-bond donors (Lipinski definition) is 2. The summed E-state index contributed by atoms with van der Waals surface area (Å²) in [5.74, 6) is -0.935. The molecule has 2 N–H and O–H groups in total. The molecule has 1 aliphatic carbocycles. The van der Waals surface area contributed by atoms with E-state index < -0.39 is 29.9 Å². The number of urea groups is 1. The van der Waals surface area contributed by atoms with Crippen LogP contribution < -0.4 is 10.6 Å². The molecule has 1 unspecified atom stereocenters. The number of benzene rings is 2. The standard InChI is InChI=1S/C25H26N4O4/c1-16-18(22(31)28-13-4-5-14-28)8-6-10-20(16)26-21(30)15-29-23(32)25(27-24(29)33)12-11-17-7-2-3-9-19(17)25/h2-3,6-10H,4-5,11-15H2,1H3,(H,26,30)(H,27,33). The molecule has 3 aliphatic rings. The van der Waals surface area contributed by atoms with Gasteiger partial charge in [-0.05, 0) is 61.4 Å². The van der Waals surface area contributed by atoms with Crippen LogP contribution in [0.15, 0.2) is 42.5 Å². The number of amides is 5. The zero-order valence-electron chi connectivity index (χ0n) is 18.5. The lowest BCUT2D eigenvalue weighted by Crippen LogP contribution is -2.43.